The minimum atomic E-state index is -0.352. The van der Waals surface area contributed by atoms with Crippen LogP contribution in [0.4, 0.5) is 5.69 Å². The molecular formula is C14H18N2O2. The van der Waals surface area contributed by atoms with Crippen molar-refractivity contribution in [2.75, 3.05) is 0 Å². The molecule has 0 saturated carbocycles. The second kappa shape index (κ2) is 6.77. The van der Waals surface area contributed by atoms with E-state index < -0.39 is 0 Å². The van der Waals surface area contributed by atoms with Crippen molar-refractivity contribution in [1.82, 2.24) is 5.32 Å². The normalized spacial score (nSPS) is 13.6. The number of terminal acetylenes is 1. The fourth-order valence-corrected chi connectivity index (χ4v) is 1.93. The summed E-state index contributed by atoms with van der Waals surface area (Å²) in [6.45, 7) is 3.96. The highest BCUT2D eigenvalue weighted by atomic mass is 16.6. The number of hydrogen-bond acceptors (Lipinski definition) is 3. The lowest BCUT2D eigenvalue weighted by Gasteiger charge is -2.20. The van der Waals surface area contributed by atoms with E-state index in [1.807, 2.05) is 19.9 Å². The summed E-state index contributed by atoms with van der Waals surface area (Å²) in [4.78, 5) is 10.6. The van der Waals surface area contributed by atoms with Crippen LogP contribution >= 0.6 is 0 Å². The number of benzene rings is 1. The summed E-state index contributed by atoms with van der Waals surface area (Å²) in [5.41, 5.74) is 0.839. The van der Waals surface area contributed by atoms with Gasteiger partial charge in [-0.1, -0.05) is 25.1 Å². The summed E-state index contributed by atoms with van der Waals surface area (Å²) < 4.78 is 0. The van der Waals surface area contributed by atoms with E-state index in [0.717, 1.165) is 6.42 Å². The zero-order valence-electron chi connectivity index (χ0n) is 10.7. The van der Waals surface area contributed by atoms with Crippen LogP contribution in [-0.4, -0.2) is 11.0 Å². The highest BCUT2D eigenvalue weighted by Gasteiger charge is 2.19. The molecule has 1 rings (SSSR count). The predicted octanol–water partition coefficient (Wildman–Crippen LogP) is 3.05. The number of nitro groups is 1. The number of para-hydroxylation sites is 1. The van der Waals surface area contributed by atoms with Crippen LogP contribution in [0.5, 0.6) is 0 Å². The maximum absolute atomic E-state index is 11.0. The van der Waals surface area contributed by atoms with Gasteiger partial charge in [0, 0.05) is 30.1 Å². The topological polar surface area (TPSA) is 55.2 Å². The van der Waals surface area contributed by atoms with Crippen molar-refractivity contribution in [2.45, 2.75) is 38.8 Å². The van der Waals surface area contributed by atoms with Gasteiger partial charge < -0.3 is 5.32 Å². The molecule has 18 heavy (non-hydrogen) atoms. The number of hydrogen-bond donors (Lipinski definition) is 1. The van der Waals surface area contributed by atoms with Crippen molar-refractivity contribution in [3.63, 3.8) is 0 Å². The molecule has 0 aromatic heterocycles. The Morgan fingerprint density at radius 1 is 1.50 bits per heavy atom. The molecule has 0 heterocycles. The highest BCUT2D eigenvalue weighted by Crippen LogP contribution is 2.25. The summed E-state index contributed by atoms with van der Waals surface area (Å²) >= 11 is 0. The van der Waals surface area contributed by atoms with Gasteiger partial charge in [0.2, 0.25) is 0 Å². The second-order valence-corrected chi connectivity index (χ2v) is 4.22. The highest BCUT2D eigenvalue weighted by molar-refractivity contribution is 5.41. The van der Waals surface area contributed by atoms with E-state index >= 15 is 0 Å². The summed E-state index contributed by atoms with van der Waals surface area (Å²) in [7, 11) is 0. The number of nitro benzene ring substituents is 1. The molecule has 0 aliphatic carbocycles. The lowest BCUT2D eigenvalue weighted by Crippen LogP contribution is -2.31. The Hall–Kier alpha value is -1.86. The van der Waals surface area contributed by atoms with Crippen LogP contribution in [0.25, 0.3) is 0 Å². The molecule has 0 aliphatic heterocycles. The largest absolute Gasteiger partial charge is 0.306 e. The maximum atomic E-state index is 11.0. The van der Waals surface area contributed by atoms with Crippen LogP contribution in [0.1, 0.15) is 38.3 Å². The van der Waals surface area contributed by atoms with Crippen molar-refractivity contribution in [1.29, 1.82) is 0 Å². The monoisotopic (exact) mass is 246 g/mol. The van der Waals surface area contributed by atoms with Crippen LogP contribution in [0.2, 0.25) is 0 Å². The van der Waals surface area contributed by atoms with Crippen LogP contribution in [0.3, 0.4) is 0 Å². The first-order valence-electron chi connectivity index (χ1n) is 6.03. The van der Waals surface area contributed by atoms with Crippen LogP contribution in [0, 0.1) is 22.5 Å². The number of nitrogens with zero attached hydrogens (tertiary/aromatic N) is 1. The summed E-state index contributed by atoms with van der Waals surface area (Å²) in [5.74, 6) is 2.62. The Kier molecular flexibility index (Phi) is 5.34. The molecule has 4 heteroatoms. The number of rotatable bonds is 6. The molecule has 0 aliphatic rings. The predicted molar refractivity (Wildman–Crippen MR) is 72.2 cm³/mol. The lowest BCUT2D eigenvalue weighted by molar-refractivity contribution is -0.385. The summed E-state index contributed by atoms with van der Waals surface area (Å²) in [6, 6.07) is 6.87. The average molecular weight is 246 g/mol. The molecule has 0 fully saturated rings. The van der Waals surface area contributed by atoms with Crippen molar-refractivity contribution >= 4 is 5.69 Å². The smallest absolute Gasteiger partial charge is 0.274 e. The van der Waals surface area contributed by atoms with Gasteiger partial charge in [-0.15, -0.1) is 12.3 Å². The first-order valence-corrected chi connectivity index (χ1v) is 6.03. The molecule has 0 amide bonds. The SMILES string of the molecule is C#CCC(CC)NC(C)c1ccccc1[N+](=O)[O-]. The fourth-order valence-electron chi connectivity index (χ4n) is 1.93. The van der Waals surface area contributed by atoms with E-state index in [1.165, 1.54) is 6.07 Å². The molecule has 1 aromatic carbocycles. The molecular weight excluding hydrogens is 228 g/mol. The molecule has 0 spiro atoms. The molecule has 1 aromatic rings. The first-order chi connectivity index (χ1) is 8.60. The summed E-state index contributed by atoms with van der Waals surface area (Å²) in [5, 5.41) is 14.3. The van der Waals surface area contributed by atoms with Gasteiger partial charge in [-0.05, 0) is 13.3 Å². The Morgan fingerprint density at radius 2 is 2.17 bits per heavy atom. The third-order valence-corrected chi connectivity index (χ3v) is 2.94. The van der Waals surface area contributed by atoms with Gasteiger partial charge in [0.05, 0.1) is 4.92 Å². The third-order valence-electron chi connectivity index (χ3n) is 2.94. The number of nitrogens with one attached hydrogen (secondary N) is 1. The Labute approximate surface area is 108 Å². The van der Waals surface area contributed by atoms with Gasteiger partial charge in [-0.25, -0.2) is 0 Å². The fraction of sp³-hybridized carbons (Fsp3) is 0.429. The maximum Gasteiger partial charge on any atom is 0.274 e. The quantitative estimate of drug-likeness (QED) is 0.477. The van der Waals surface area contributed by atoms with Gasteiger partial charge >= 0.3 is 0 Å². The average Bonchev–Trinajstić information content (AvgIpc) is 2.38. The Bertz CT molecular complexity index is 451. The molecule has 0 radical (unpaired) electrons. The third kappa shape index (κ3) is 3.57. The zero-order valence-corrected chi connectivity index (χ0v) is 10.7. The van der Waals surface area contributed by atoms with Gasteiger partial charge in [0.1, 0.15) is 0 Å². The van der Waals surface area contributed by atoms with Crippen LogP contribution in [-0.2, 0) is 0 Å². The molecule has 0 saturated heterocycles. The Balaban J connectivity index is 2.87. The van der Waals surface area contributed by atoms with E-state index in [9.17, 15) is 10.1 Å². The molecule has 2 unspecified atom stereocenters. The van der Waals surface area contributed by atoms with E-state index in [1.54, 1.807) is 12.1 Å². The minimum Gasteiger partial charge on any atom is -0.306 e. The zero-order chi connectivity index (χ0) is 13.5. The van der Waals surface area contributed by atoms with E-state index in [2.05, 4.69) is 11.2 Å². The molecule has 96 valence electrons. The van der Waals surface area contributed by atoms with Gasteiger partial charge in [-0.3, -0.25) is 10.1 Å². The van der Waals surface area contributed by atoms with E-state index in [-0.39, 0.29) is 22.7 Å². The second-order valence-electron chi connectivity index (χ2n) is 4.22. The molecule has 1 N–H and O–H groups in total. The minimum absolute atomic E-state index is 0.0927. The summed E-state index contributed by atoms with van der Waals surface area (Å²) in [6.07, 6.45) is 6.82. The van der Waals surface area contributed by atoms with Crippen molar-refractivity contribution in [2.24, 2.45) is 0 Å². The van der Waals surface area contributed by atoms with Crippen LogP contribution < -0.4 is 5.32 Å². The lowest BCUT2D eigenvalue weighted by atomic mass is 10.0. The molecule has 2 atom stereocenters. The molecule has 4 nitrogen and oxygen atoms in total. The van der Waals surface area contributed by atoms with Crippen LogP contribution in [0.15, 0.2) is 24.3 Å². The van der Waals surface area contributed by atoms with Gasteiger partial charge in [0.25, 0.3) is 5.69 Å². The first kappa shape index (κ1) is 14.2. The van der Waals surface area contributed by atoms with Crippen molar-refractivity contribution < 1.29 is 4.92 Å². The van der Waals surface area contributed by atoms with Crippen molar-refractivity contribution in [3.8, 4) is 12.3 Å². The van der Waals surface area contributed by atoms with Gasteiger partial charge in [0.15, 0.2) is 0 Å². The molecule has 0 bridgehead atoms. The van der Waals surface area contributed by atoms with Gasteiger partial charge in [-0.2, -0.15) is 0 Å². The standard InChI is InChI=1S/C14H18N2O2/c1-4-8-12(5-2)15-11(3)13-9-6-7-10-14(13)16(17)18/h1,6-7,9-12,15H,5,8H2,2-3H3. The van der Waals surface area contributed by atoms with E-state index in [0.29, 0.717) is 12.0 Å². The Morgan fingerprint density at radius 3 is 2.72 bits per heavy atom. The van der Waals surface area contributed by atoms with Crippen molar-refractivity contribution in [3.05, 3.63) is 39.9 Å². The van der Waals surface area contributed by atoms with E-state index in [4.69, 9.17) is 6.42 Å².